The number of rotatable bonds is 4. The number of carbonyl (C=O) groups is 2. The van der Waals surface area contributed by atoms with Gasteiger partial charge >= 0.3 is 11.7 Å². The van der Waals surface area contributed by atoms with E-state index < -0.39 is 22.9 Å². The van der Waals surface area contributed by atoms with Gasteiger partial charge in [0.25, 0.3) is 0 Å². The van der Waals surface area contributed by atoms with E-state index >= 15 is 0 Å². The molecule has 0 unspecified atom stereocenters. The Hall–Kier alpha value is -1.77. The molecule has 0 aromatic carbocycles. The van der Waals surface area contributed by atoms with Crippen molar-refractivity contribution < 1.29 is 9.59 Å². The first-order chi connectivity index (χ1) is 8.31. The average Bonchev–Trinajstić information content (AvgIpc) is 2.51. The van der Waals surface area contributed by atoms with Crippen LogP contribution < -0.4 is 16.7 Å². The van der Waals surface area contributed by atoms with Gasteiger partial charge in [0.2, 0.25) is 5.91 Å². The quantitative estimate of drug-likeness (QED) is 0.633. The lowest BCUT2D eigenvalue weighted by Gasteiger charge is -2.17. The molecule has 1 rings (SSSR count). The van der Waals surface area contributed by atoms with Gasteiger partial charge in [-0.3, -0.25) is 14.8 Å². The number of carbonyl (C=O) groups excluding carboxylic acids is 2. The summed E-state index contributed by atoms with van der Waals surface area (Å²) in [4.78, 5) is 37.2. The van der Waals surface area contributed by atoms with Crippen LogP contribution in [0.1, 0.15) is 13.8 Å². The number of aryl methyl sites for hydroxylation is 1. The van der Waals surface area contributed by atoms with Gasteiger partial charge in [0.1, 0.15) is 0 Å². The van der Waals surface area contributed by atoms with Crippen molar-refractivity contribution in [3.05, 3.63) is 10.5 Å². The zero-order chi connectivity index (χ0) is 13.9. The van der Waals surface area contributed by atoms with E-state index in [2.05, 4.69) is 10.1 Å². The van der Waals surface area contributed by atoms with E-state index in [0.717, 1.165) is 11.8 Å². The lowest BCUT2D eigenvalue weighted by molar-refractivity contribution is -0.120. The van der Waals surface area contributed by atoms with Crippen LogP contribution in [0.5, 0.6) is 0 Å². The van der Waals surface area contributed by atoms with Crippen LogP contribution in [-0.4, -0.2) is 32.0 Å². The first-order valence-electron chi connectivity index (χ1n) is 5.21. The number of H-pyrrole nitrogens is 1. The molecule has 1 atom stereocenters. The topological polar surface area (TPSA) is 123 Å². The number of urea groups is 1. The Labute approximate surface area is 107 Å². The minimum absolute atomic E-state index is 0.0545. The number of amides is 3. The minimum atomic E-state index is -0.901. The fraction of sp³-hybridized carbons (Fsp3) is 0.556. The summed E-state index contributed by atoms with van der Waals surface area (Å²) in [6.07, 6.45) is 0. The number of hydrogen-bond donors (Lipinski definition) is 3. The van der Waals surface area contributed by atoms with Crippen LogP contribution in [0.2, 0.25) is 0 Å². The lowest BCUT2D eigenvalue weighted by atomic mass is 10.1. The van der Waals surface area contributed by atoms with Crippen molar-refractivity contribution in [1.29, 1.82) is 0 Å². The first kappa shape index (κ1) is 14.3. The number of nitrogens with two attached hydrogens (primary N) is 1. The van der Waals surface area contributed by atoms with Gasteiger partial charge in [-0.25, -0.2) is 14.7 Å². The number of imide groups is 1. The Bertz CT molecular complexity index is 507. The van der Waals surface area contributed by atoms with Crippen molar-refractivity contribution in [3.63, 3.8) is 0 Å². The van der Waals surface area contributed by atoms with E-state index in [4.69, 9.17) is 5.73 Å². The van der Waals surface area contributed by atoms with Crippen LogP contribution in [0.4, 0.5) is 4.79 Å². The van der Waals surface area contributed by atoms with Gasteiger partial charge in [0, 0.05) is 7.05 Å². The second-order valence-corrected chi connectivity index (χ2v) is 5.12. The molecule has 0 spiro atoms. The highest BCUT2D eigenvalue weighted by atomic mass is 32.2. The number of aromatic amines is 1. The SMILES string of the molecule is CC(C)[C@@H](Sc1nc(=O)[nH]n1C)C(=O)NC(N)=O. The number of nitrogens with one attached hydrogen (secondary N) is 2. The standard InChI is InChI=1S/C9H15N5O3S/c1-4(2)5(6(15)11-7(10)16)18-9-12-8(17)13-14(9)3/h4-5H,1-3H3,(H,13,17)(H3,10,11,15,16)/t5-/m1/s1. The fourth-order valence-electron chi connectivity index (χ4n) is 1.28. The molecule has 0 aliphatic carbocycles. The van der Waals surface area contributed by atoms with E-state index in [1.807, 2.05) is 19.2 Å². The Kier molecular flexibility index (Phi) is 4.54. The van der Waals surface area contributed by atoms with Crippen LogP contribution in [0.25, 0.3) is 0 Å². The van der Waals surface area contributed by atoms with Gasteiger partial charge in [-0.05, 0) is 5.92 Å². The van der Waals surface area contributed by atoms with Crippen LogP contribution in [0.15, 0.2) is 9.95 Å². The molecule has 0 saturated heterocycles. The maximum Gasteiger partial charge on any atom is 0.362 e. The molecule has 1 aromatic rings. The van der Waals surface area contributed by atoms with Gasteiger partial charge in [-0.2, -0.15) is 4.98 Å². The minimum Gasteiger partial charge on any atom is -0.351 e. The zero-order valence-electron chi connectivity index (χ0n) is 10.3. The zero-order valence-corrected chi connectivity index (χ0v) is 11.1. The molecule has 0 aliphatic rings. The molecular formula is C9H15N5O3S. The molecular weight excluding hydrogens is 258 g/mol. The van der Waals surface area contributed by atoms with Crippen molar-refractivity contribution in [2.45, 2.75) is 24.3 Å². The Balaban J connectivity index is 2.87. The summed E-state index contributed by atoms with van der Waals surface area (Å²) >= 11 is 1.10. The van der Waals surface area contributed by atoms with Crippen LogP contribution in [0.3, 0.4) is 0 Å². The van der Waals surface area contributed by atoms with Crippen molar-refractivity contribution in [2.24, 2.45) is 18.7 Å². The van der Waals surface area contributed by atoms with E-state index in [0.29, 0.717) is 5.16 Å². The molecule has 0 radical (unpaired) electrons. The molecule has 4 N–H and O–H groups in total. The summed E-state index contributed by atoms with van der Waals surface area (Å²) in [6, 6.07) is -0.901. The van der Waals surface area contributed by atoms with E-state index in [-0.39, 0.29) is 5.92 Å². The summed E-state index contributed by atoms with van der Waals surface area (Å²) < 4.78 is 1.42. The summed E-state index contributed by atoms with van der Waals surface area (Å²) in [5.74, 6) is -0.556. The van der Waals surface area contributed by atoms with E-state index in [1.54, 1.807) is 7.05 Å². The normalized spacial score (nSPS) is 12.4. The highest BCUT2D eigenvalue weighted by molar-refractivity contribution is 8.00. The van der Waals surface area contributed by atoms with Crippen LogP contribution >= 0.6 is 11.8 Å². The molecule has 1 heterocycles. The molecule has 8 nitrogen and oxygen atoms in total. The molecule has 0 fully saturated rings. The molecule has 0 saturated carbocycles. The van der Waals surface area contributed by atoms with Crippen LogP contribution in [-0.2, 0) is 11.8 Å². The van der Waals surface area contributed by atoms with Crippen LogP contribution in [0, 0.1) is 5.92 Å². The smallest absolute Gasteiger partial charge is 0.351 e. The third kappa shape index (κ3) is 3.62. The Morgan fingerprint density at radius 2 is 2.11 bits per heavy atom. The first-order valence-corrected chi connectivity index (χ1v) is 6.09. The van der Waals surface area contributed by atoms with E-state index in [1.165, 1.54) is 4.68 Å². The maximum atomic E-state index is 11.8. The highest BCUT2D eigenvalue weighted by Crippen LogP contribution is 2.25. The Morgan fingerprint density at radius 1 is 1.50 bits per heavy atom. The fourth-order valence-corrected chi connectivity index (χ4v) is 2.29. The highest BCUT2D eigenvalue weighted by Gasteiger charge is 2.26. The van der Waals surface area contributed by atoms with Gasteiger partial charge in [0.15, 0.2) is 5.16 Å². The second-order valence-electron chi connectivity index (χ2n) is 4.01. The second kappa shape index (κ2) is 5.71. The van der Waals surface area contributed by atoms with Crippen molar-refractivity contribution in [3.8, 4) is 0 Å². The molecule has 18 heavy (non-hydrogen) atoms. The monoisotopic (exact) mass is 273 g/mol. The van der Waals surface area contributed by atoms with Gasteiger partial charge in [-0.15, -0.1) is 0 Å². The number of nitrogens with zero attached hydrogens (tertiary/aromatic N) is 2. The molecule has 1 aromatic heterocycles. The summed E-state index contributed by atoms with van der Waals surface area (Å²) in [5, 5.41) is 4.27. The molecule has 0 aliphatic heterocycles. The summed E-state index contributed by atoms with van der Waals surface area (Å²) in [6.45, 7) is 3.64. The third-order valence-corrected chi connectivity index (χ3v) is 3.68. The number of hydrogen-bond acceptors (Lipinski definition) is 5. The average molecular weight is 273 g/mol. The van der Waals surface area contributed by atoms with Gasteiger partial charge in [-0.1, -0.05) is 25.6 Å². The lowest BCUT2D eigenvalue weighted by Crippen LogP contribution is -2.42. The predicted molar refractivity (Wildman–Crippen MR) is 66.0 cm³/mol. The number of aromatic nitrogens is 3. The van der Waals surface area contributed by atoms with Crippen molar-refractivity contribution in [1.82, 2.24) is 20.1 Å². The molecule has 0 bridgehead atoms. The third-order valence-electron chi connectivity index (χ3n) is 2.09. The summed E-state index contributed by atoms with van der Waals surface area (Å²) in [7, 11) is 1.61. The van der Waals surface area contributed by atoms with Crippen molar-refractivity contribution in [2.75, 3.05) is 0 Å². The molecule has 3 amide bonds. The van der Waals surface area contributed by atoms with Gasteiger partial charge in [0.05, 0.1) is 5.25 Å². The number of primary amides is 1. The Morgan fingerprint density at radius 3 is 2.50 bits per heavy atom. The largest absolute Gasteiger partial charge is 0.362 e. The van der Waals surface area contributed by atoms with Gasteiger partial charge < -0.3 is 5.73 Å². The van der Waals surface area contributed by atoms with Crippen molar-refractivity contribution >= 4 is 23.7 Å². The maximum absolute atomic E-state index is 11.8. The summed E-state index contributed by atoms with van der Waals surface area (Å²) in [5.41, 5.74) is 4.41. The molecule has 9 heteroatoms. The van der Waals surface area contributed by atoms with E-state index in [9.17, 15) is 14.4 Å². The molecule has 100 valence electrons. The predicted octanol–water partition coefficient (Wildman–Crippen LogP) is -0.580. The number of thioether (sulfide) groups is 1.